The number of aliphatic carboxylic acids is 1. The third-order valence-electron chi connectivity index (χ3n) is 3.45. The summed E-state index contributed by atoms with van der Waals surface area (Å²) in [5.41, 5.74) is 1.24. The van der Waals surface area contributed by atoms with Gasteiger partial charge in [-0.3, -0.25) is 4.79 Å². The summed E-state index contributed by atoms with van der Waals surface area (Å²) in [5.74, 6) is -0.645. The van der Waals surface area contributed by atoms with Gasteiger partial charge in [0.15, 0.2) is 0 Å². The molecule has 0 bridgehead atoms. The molecule has 1 amide bonds. The lowest BCUT2D eigenvalue weighted by Crippen LogP contribution is -2.24. The van der Waals surface area contributed by atoms with E-state index in [1.807, 2.05) is 19.1 Å². The second-order valence-corrected chi connectivity index (χ2v) is 5.11. The lowest BCUT2D eigenvalue weighted by Gasteiger charge is -2.17. The van der Waals surface area contributed by atoms with E-state index in [-0.39, 0.29) is 5.91 Å². The van der Waals surface area contributed by atoms with Gasteiger partial charge in [0.2, 0.25) is 5.91 Å². The van der Waals surface area contributed by atoms with E-state index in [0.717, 1.165) is 6.08 Å². The molecule has 0 spiro atoms. The van der Waals surface area contributed by atoms with Crippen molar-refractivity contribution in [1.29, 1.82) is 0 Å². The van der Waals surface area contributed by atoms with Gasteiger partial charge in [-0.25, -0.2) is 4.79 Å². The molecule has 2 N–H and O–H groups in total. The van der Waals surface area contributed by atoms with Crippen LogP contribution in [0.2, 0.25) is 0 Å². The van der Waals surface area contributed by atoms with Gasteiger partial charge in [-0.2, -0.15) is 0 Å². The summed E-state index contributed by atoms with van der Waals surface area (Å²) in [6.45, 7) is 4.13. The number of anilines is 1. The van der Waals surface area contributed by atoms with E-state index in [2.05, 4.69) is 5.32 Å². The minimum absolute atomic E-state index is 0.219. The van der Waals surface area contributed by atoms with Gasteiger partial charge in [0, 0.05) is 18.0 Å². The van der Waals surface area contributed by atoms with Crippen molar-refractivity contribution in [3.05, 3.63) is 54.4 Å². The summed E-state index contributed by atoms with van der Waals surface area (Å²) in [4.78, 5) is 23.2. The average molecular weight is 328 g/mol. The van der Waals surface area contributed by atoms with Gasteiger partial charge in [-0.1, -0.05) is 12.1 Å². The largest absolute Gasteiger partial charge is 0.492 e. The molecule has 0 saturated heterocycles. The highest BCUT2D eigenvalue weighted by Gasteiger charge is 2.17. The Kier molecular flexibility index (Phi) is 5.78. The highest BCUT2D eigenvalue weighted by Crippen LogP contribution is 2.25. The van der Waals surface area contributed by atoms with Gasteiger partial charge in [-0.05, 0) is 44.2 Å². The quantitative estimate of drug-likeness (QED) is 0.765. The maximum atomic E-state index is 12.5. The third-order valence-corrected chi connectivity index (χ3v) is 3.45. The average Bonchev–Trinajstić information content (AvgIpc) is 3.02. The molecule has 0 saturated carbocycles. The number of amides is 1. The normalized spacial score (nSPS) is 12.1. The van der Waals surface area contributed by atoms with Crippen molar-refractivity contribution >= 4 is 23.6 Å². The van der Waals surface area contributed by atoms with Crippen LogP contribution in [0.4, 0.5) is 5.69 Å². The van der Waals surface area contributed by atoms with Gasteiger partial charge in [-0.15, -0.1) is 0 Å². The summed E-state index contributed by atoms with van der Waals surface area (Å²) >= 11 is 0. The molecule has 0 aliphatic rings. The number of para-hydroxylation sites is 2. The molecule has 1 aromatic heterocycles. The Morgan fingerprint density at radius 1 is 1.29 bits per heavy atom. The maximum Gasteiger partial charge on any atom is 0.328 e. The number of hydrogen-bond donors (Lipinski definition) is 2. The maximum absolute atomic E-state index is 12.5. The molecule has 1 atom stereocenters. The number of benzene rings is 1. The van der Waals surface area contributed by atoms with E-state index in [9.17, 15) is 9.59 Å². The second-order valence-electron chi connectivity index (χ2n) is 5.11. The van der Waals surface area contributed by atoms with Crippen LogP contribution in [-0.2, 0) is 9.59 Å². The molecule has 0 fully saturated rings. The number of aromatic nitrogens is 1. The van der Waals surface area contributed by atoms with Gasteiger partial charge in [0.1, 0.15) is 11.8 Å². The molecular weight excluding hydrogens is 308 g/mol. The number of nitrogens with one attached hydrogen (secondary N) is 1. The number of carbonyl (C=O) groups excluding carboxylic acids is 1. The third kappa shape index (κ3) is 4.25. The van der Waals surface area contributed by atoms with Crippen LogP contribution in [0.3, 0.4) is 0 Å². The van der Waals surface area contributed by atoms with Crippen LogP contribution in [-0.4, -0.2) is 28.2 Å². The molecule has 6 nitrogen and oxygen atoms in total. The van der Waals surface area contributed by atoms with Crippen molar-refractivity contribution in [2.45, 2.75) is 19.9 Å². The predicted octanol–water partition coefficient (Wildman–Crippen LogP) is 3.18. The molecule has 1 aromatic carbocycles. The summed E-state index contributed by atoms with van der Waals surface area (Å²) < 4.78 is 7.21. The zero-order valence-electron chi connectivity index (χ0n) is 13.6. The van der Waals surface area contributed by atoms with E-state index < -0.39 is 12.0 Å². The first-order valence-corrected chi connectivity index (χ1v) is 7.63. The van der Waals surface area contributed by atoms with E-state index in [1.54, 1.807) is 42.0 Å². The minimum Gasteiger partial charge on any atom is -0.492 e. The van der Waals surface area contributed by atoms with Crippen molar-refractivity contribution < 1.29 is 19.4 Å². The fraction of sp³-hybridized carbons (Fsp3) is 0.222. The molecule has 6 heteroatoms. The van der Waals surface area contributed by atoms with Crippen LogP contribution in [0.1, 0.15) is 25.6 Å². The monoisotopic (exact) mass is 328 g/mol. The molecule has 2 rings (SSSR count). The van der Waals surface area contributed by atoms with Crippen LogP contribution in [0.15, 0.2) is 48.7 Å². The Morgan fingerprint density at radius 3 is 2.75 bits per heavy atom. The van der Waals surface area contributed by atoms with Crippen LogP contribution in [0.5, 0.6) is 5.75 Å². The molecule has 126 valence electrons. The highest BCUT2D eigenvalue weighted by molar-refractivity contribution is 5.95. The number of rotatable bonds is 7. The Labute approximate surface area is 140 Å². The minimum atomic E-state index is -1.04. The van der Waals surface area contributed by atoms with Gasteiger partial charge in [0.05, 0.1) is 12.3 Å². The molecule has 1 heterocycles. The first kappa shape index (κ1) is 17.3. The number of carboxylic acid groups (broad SMARTS) is 1. The van der Waals surface area contributed by atoms with Crippen molar-refractivity contribution in [3.8, 4) is 5.75 Å². The van der Waals surface area contributed by atoms with Gasteiger partial charge < -0.3 is 19.7 Å². The van der Waals surface area contributed by atoms with Crippen LogP contribution >= 0.6 is 0 Å². The van der Waals surface area contributed by atoms with Crippen molar-refractivity contribution in [2.24, 2.45) is 0 Å². The van der Waals surface area contributed by atoms with Crippen LogP contribution in [0, 0.1) is 0 Å². The zero-order valence-corrected chi connectivity index (χ0v) is 13.6. The molecule has 24 heavy (non-hydrogen) atoms. The summed E-state index contributed by atoms with van der Waals surface area (Å²) in [6, 6.07) is 10.2. The standard InChI is InChI=1S/C18H20N2O4/c1-3-24-16-9-5-4-8-15(16)19-18(23)13(2)20-12-6-7-14(20)10-11-17(21)22/h4-13H,3H2,1-2H3,(H,19,23)(H,21,22)/b11-10+. The topological polar surface area (TPSA) is 80.6 Å². The lowest BCUT2D eigenvalue weighted by molar-refractivity contribution is -0.131. The van der Waals surface area contributed by atoms with Crippen LogP contribution < -0.4 is 10.1 Å². The van der Waals surface area contributed by atoms with Gasteiger partial charge in [0.25, 0.3) is 0 Å². The number of hydrogen-bond acceptors (Lipinski definition) is 3. The van der Waals surface area contributed by atoms with Crippen molar-refractivity contribution in [3.63, 3.8) is 0 Å². The highest BCUT2D eigenvalue weighted by atomic mass is 16.5. The number of carboxylic acids is 1. The zero-order chi connectivity index (χ0) is 17.5. The Morgan fingerprint density at radius 2 is 2.04 bits per heavy atom. The Balaban J connectivity index is 2.16. The Bertz CT molecular complexity index is 749. The Hall–Kier alpha value is -3.02. The molecule has 1 unspecified atom stereocenters. The first-order chi connectivity index (χ1) is 11.5. The molecule has 0 aliphatic heterocycles. The number of ether oxygens (including phenoxy) is 1. The first-order valence-electron chi connectivity index (χ1n) is 7.63. The second kappa shape index (κ2) is 8.01. The SMILES string of the molecule is CCOc1ccccc1NC(=O)C(C)n1cccc1/C=C/C(=O)O. The molecule has 2 aromatic rings. The lowest BCUT2D eigenvalue weighted by atomic mass is 10.2. The summed E-state index contributed by atoms with van der Waals surface area (Å²) in [7, 11) is 0. The van der Waals surface area contributed by atoms with Crippen molar-refractivity contribution in [1.82, 2.24) is 4.57 Å². The number of carbonyl (C=O) groups is 2. The summed E-state index contributed by atoms with van der Waals surface area (Å²) in [5, 5.41) is 11.6. The fourth-order valence-corrected chi connectivity index (χ4v) is 2.27. The fourth-order valence-electron chi connectivity index (χ4n) is 2.27. The van der Waals surface area contributed by atoms with E-state index in [0.29, 0.717) is 23.7 Å². The number of nitrogens with zero attached hydrogens (tertiary/aromatic N) is 1. The van der Waals surface area contributed by atoms with E-state index in [1.165, 1.54) is 6.08 Å². The molecular formula is C18H20N2O4. The summed E-state index contributed by atoms with van der Waals surface area (Å²) in [6.07, 6.45) is 4.24. The van der Waals surface area contributed by atoms with E-state index >= 15 is 0 Å². The van der Waals surface area contributed by atoms with Crippen LogP contribution in [0.25, 0.3) is 6.08 Å². The molecule has 0 aliphatic carbocycles. The van der Waals surface area contributed by atoms with E-state index in [4.69, 9.17) is 9.84 Å². The van der Waals surface area contributed by atoms with Crippen molar-refractivity contribution in [2.75, 3.05) is 11.9 Å². The molecule has 0 radical (unpaired) electrons. The smallest absolute Gasteiger partial charge is 0.328 e. The van der Waals surface area contributed by atoms with Gasteiger partial charge >= 0.3 is 5.97 Å². The predicted molar refractivity (Wildman–Crippen MR) is 92.1 cm³/mol.